The molecule has 2 nitrogen and oxygen atoms in total. The Morgan fingerprint density at radius 2 is 2.11 bits per heavy atom. The lowest BCUT2D eigenvalue weighted by molar-refractivity contribution is 0.0604. The van der Waals surface area contributed by atoms with Crippen molar-refractivity contribution in [3.8, 4) is 0 Å². The van der Waals surface area contributed by atoms with Crippen LogP contribution in [0.4, 0.5) is 0 Å². The van der Waals surface area contributed by atoms with Crippen molar-refractivity contribution in [2.45, 2.75) is 26.0 Å². The fraction of sp³-hybridized carbons (Fsp3) is 0.333. The van der Waals surface area contributed by atoms with Gasteiger partial charge < -0.3 is 10.4 Å². The van der Waals surface area contributed by atoms with Crippen molar-refractivity contribution in [1.82, 2.24) is 5.32 Å². The second-order valence-electron chi connectivity index (χ2n) is 4.84. The van der Waals surface area contributed by atoms with E-state index in [1.54, 1.807) is 11.3 Å². The number of aryl methyl sites for hydroxylation is 1. The highest BCUT2D eigenvalue weighted by Gasteiger charge is 2.23. The number of hydrogen-bond donors (Lipinski definition) is 2. The van der Waals surface area contributed by atoms with E-state index in [-0.39, 0.29) is 0 Å². The van der Waals surface area contributed by atoms with E-state index in [0.717, 1.165) is 11.4 Å². The molecular formula is C15H19NOS. The first-order valence-corrected chi connectivity index (χ1v) is 6.98. The van der Waals surface area contributed by atoms with E-state index in [9.17, 15) is 5.11 Å². The van der Waals surface area contributed by atoms with E-state index in [1.165, 1.54) is 11.1 Å². The SMILES string of the molecule is Cc1cccc(CNCC(C)(O)c2cccs2)c1. The van der Waals surface area contributed by atoms with Gasteiger partial charge in [-0.3, -0.25) is 0 Å². The van der Waals surface area contributed by atoms with Crippen molar-refractivity contribution < 1.29 is 5.11 Å². The Hall–Kier alpha value is -1.16. The molecule has 3 heteroatoms. The minimum absolute atomic E-state index is 0.557. The molecule has 0 radical (unpaired) electrons. The summed E-state index contributed by atoms with van der Waals surface area (Å²) in [6, 6.07) is 12.3. The first kappa shape index (κ1) is 13.3. The van der Waals surface area contributed by atoms with E-state index in [1.807, 2.05) is 24.4 Å². The number of rotatable bonds is 5. The molecule has 2 rings (SSSR count). The summed E-state index contributed by atoms with van der Waals surface area (Å²) < 4.78 is 0. The Bertz CT molecular complexity index is 491. The summed E-state index contributed by atoms with van der Waals surface area (Å²) in [5, 5.41) is 15.7. The smallest absolute Gasteiger partial charge is 0.108 e. The molecule has 1 aromatic carbocycles. The lowest BCUT2D eigenvalue weighted by Gasteiger charge is -2.22. The minimum Gasteiger partial charge on any atom is -0.383 e. The Kier molecular flexibility index (Phi) is 4.17. The van der Waals surface area contributed by atoms with Gasteiger partial charge >= 0.3 is 0 Å². The molecule has 1 unspecified atom stereocenters. The van der Waals surface area contributed by atoms with E-state index in [2.05, 4.69) is 36.5 Å². The molecule has 0 saturated carbocycles. The van der Waals surface area contributed by atoms with Crippen LogP contribution in [0.25, 0.3) is 0 Å². The normalized spacial score (nSPS) is 14.4. The van der Waals surface area contributed by atoms with Crippen molar-refractivity contribution in [3.63, 3.8) is 0 Å². The quantitative estimate of drug-likeness (QED) is 0.867. The van der Waals surface area contributed by atoms with Crippen LogP contribution in [-0.4, -0.2) is 11.7 Å². The predicted octanol–water partition coefficient (Wildman–Crippen LogP) is 3.05. The molecule has 2 N–H and O–H groups in total. The molecular weight excluding hydrogens is 242 g/mol. The molecule has 0 aliphatic carbocycles. The zero-order valence-corrected chi connectivity index (χ0v) is 11.6. The van der Waals surface area contributed by atoms with Crippen LogP contribution in [0.3, 0.4) is 0 Å². The Morgan fingerprint density at radius 1 is 1.28 bits per heavy atom. The Morgan fingerprint density at radius 3 is 2.78 bits per heavy atom. The summed E-state index contributed by atoms with van der Waals surface area (Å²) in [6.45, 7) is 5.28. The van der Waals surface area contributed by atoms with E-state index >= 15 is 0 Å². The third-order valence-electron chi connectivity index (χ3n) is 2.93. The fourth-order valence-corrected chi connectivity index (χ4v) is 2.73. The molecule has 0 bridgehead atoms. The third-order valence-corrected chi connectivity index (χ3v) is 4.06. The van der Waals surface area contributed by atoms with Gasteiger partial charge in [0.2, 0.25) is 0 Å². The number of nitrogens with one attached hydrogen (secondary N) is 1. The third kappa shape index (κ3) is 3.42. The van der Waals surface area contributed by atoms with E-state index in [0.29, 0.717) is 6.54 Å². The number of thiophene rings is 1. The van der Waals surface area contributed by atoms with Crippen LogP contribution in [0.2, 0.25) is 0 Å². The van der Waals surface area contributed by atoms with Gasteiger partial charge in [-0.05, 0) is 30.9 Å². The molecule has 96 valence electrons. The molecule has 0 amide bonds. The predicted molar refractivity (Wildman–Crippen MR) is 76.8 cm³/mol. The standard InChI is InChI=1S/C15H19NOS/c1-12-5-3-6-13(9-12)10-16-11-15(2,17)14-7-4-8-18-14/h3-9,16-17H,10-11H2,1-2H3. The molecule has 1 atom stereocenters. The second kappa shape index (κ2) is 5.65. The first-order valence-electron chi connectivity index (χ1n) is 6.10. The van der Waals surface area contributed by atoms with Crippen LogP contribution in [0, 0.1) is 6.92 Å². The number of aliphatic hydroxyl groups is 1. The van der Waals surface area contributed by atoms with Gasteiger partial charge in [-0.2, -0.15) is 0 Å². The zero-order valence-electron chi connectivity index (χ0n) is 10.8. The Balaban J connectivity index is 1.89. The average Bonchev–Trinajstić information content (AvgIpc) is 2.83. The molecule has 18 heavy (non-hydrogen) atoms. The van der Waals surface area contributed by atoms with Gasteiger partial charge in [0.25, 0.3) is 0 Å². The van der Waals surface area contributed by atoms with Crippen LogP contribution in [0.15, 0.2) is 41.8 Å². The highest BCUT2D eigenvalue weighted by Crippen LogP contribution is 2.24. The van der Waals surface area contributed by atoms with Crippen molar-refractivity contribution in [1.29, 1.82) is 0 Å². The minimum atomic E-state index is -0.794. The lowest BCUT2D eigenvalue weighted by atomic mass is 10.0. The van der Waals surface area contributed by atoms with Crippen LogP contribution in [-0.2, 0) is 12.1 Å². The lowest BCUT2D eigenvalue weighted by Crippen LogP contribution is -2.34. The van der Waals surface area contributed by atoms with Gasteiger partial charge in [0, 0.05) is 18.0 Å². The highest BCUT2D eigenvalue weighted by atomic mass is 32.1. The van der Waals surface area contributed by atoms with Gasteiger partial charge in [0.1, 0.15) is 5.60 Å². The van der Waals surface area contributed by atoms with Crippen LogP contribution >= 0.6 is 11.3 Å². The summed E-state index contributed by atoms with van der Waals surface area (Å²) in [4.78, 5) is 0.999. The summed E-state index contributed by atoms with van der Waals surface area (Å²) in [7, 11) is 0. The Labute approximate surface area is 112 Å². The number of benzene rings is 1. The van der Waals surface area contributed by atoms with Gasteiger partial charge in [-0.1, -0.05) is 35.9 Å². The highest BCUT2D eigenvalue weighted by molar-refractivity contribution is 7.10. The molecule has 1 heterocycles. The molecule has 0 fully saturated rings. The molecule has 0 aliphatic rings. The van der Waals surface area contributed by atoms with Gasteiger partial charge in [0.05, 0.1) is 0 Å². The van der Waals surface area contributed by atoms with E-state index < -0.39 is 5.60 Å². The van der Waals surface area contributed by atoms with Crippen molar-refractivity contribution in [2.24, 2.45) is 0 Å². The van der Waals surface area contributed by atoms with Gasteiger partial charge in [0.15, 0.2) is 0 Å². The van der Waals surface area contributed by atoms with Crippen LogP contribution in [0.5, 0.6) is 0 Å². The summed E-state index contributed by atoms with van der Waals surface area (Å²) in [5.74, 6) is 0. The zero-order chi connectivity index (χ0) is 13.0. The van der Waals surface area contributed by atoms with Crippen LogP contribution in [0.1, 0.15) is 22.9 Å². The summed E-state index contributed by atoms with van der Waals surface area (Å²) in [5.41, 5.74) is 1.72. The van der Waals surface area contributed by atoms with Crippen molar-refractivity contribution >= 4 is 11.3 Å². The van der Waals surface area contributed by atoms with Gasteiger partial charge in [-0.25, -0.2) is 0 Å². The van der Waals surface area contributed by atoms with E-state index in [4.69, 9.17) is 0 Å². The maximum absolute atomic E-state index is 10.4. The monoisotopic (exact) mass is 261 g/mol. The fourth-order valence-electron chi connectivity index (χ4n) is 1.94. The molecule has 0 spiro atoms. The summed E-state index contributed by atoms with van der Waals surface area (Å²) in [6.07, 6.45) is 0. The molecule has 0 saturated heterocycles. The van der Waals surface area contributed by atoms with Crippen molar-refractivity contribution in [3.05, 3.63) is 57.8 Å². The second-order valence-corrected chi connectivity index (χ2v) is 5.79. The first-order chi connectivity index (χ1) is 8.58. The molecule has 1 aromatic heterocycles. The largest absolute Gasteiger partial charge is 0.383 e. The average molecular weight is 261 g/mol. The molecule has 0 aliphatic heterocycles. The maximum Gasteiger partial charge on any atom is 0.108 e. The summed E-state index contributed by atoms with van der Waals surface area (Å²) >= 11 is 1.59. The molecule has 2 aromatic rings. The van der Waals surface area contributed by atoms with Crippen molar-refractivity contribution in [2.75, 3.05) is 6.54 Å². The maximum atomic E-state index is 10.4. The van der Waals surface area contributed by atoms with Gasteiger partial charge in [-0.15, -0.1) is 11.3 Å². The topological polar surface area (TPSA) is 32.3 Å². The number of hydrogen-bond acceptors (Lipinski definition) is 3. The van der Waals surface area contributed by atoms with Crippen LogP contribution < -0.4 is 5.32 Å².